The Kier molecular flexibility index (Phi) is 3.73. The summed E-state index contributed by atoms with van der Waals surface area (Å²) in [6.07, 6.45) is 0.638. The highest BCUT2D eigenvalue weighted by Gasteiger charge is 2.32. The maximum Gasteiger partial charge on any atom is 0.241 e. The third-order valence-electron chi connectivity index (χ3n) is 4.00. The second kappa shape index (κ2) is 4.89. The van der Waals surface area contributed by atoms with E-state index < -0.39 is 10.0 Å². The minimum absolute atomic E-state index is 0.139. The number of aliphatic hydroxyl groups excluding tert-OH is 1. The summed E-state index contributed by atoms with van der Waals surface area (Å²) in [5.74, 6) is 0. The predicted molar refractivity (Wildman–Crippen MR) is 74.7 cm³/mol. The lowest BCUT2D eigenvalue weighted by Crippen LogP contribution is -2.46. The summed E-state index contributed by atoms with van der Waals surface area (Å²) >= 11 is 0. The molecular formula is C14H21NO3S. The largest absolute Gasteiger partial charge is 0.393 e. The van der Waals surface area contributed by atoms with Gasteiger partial charge in [0.1, 0.15) is 0 Å². The number of benzene rings is 1. The number of aliphatic hydroxyl groups is 1. The van der Waals surface area contributed by atoms with Crippen molar-refractivity contribution in [2.75, 3.05) is 0 Å². The zero-order chi connectivity index (χ0) is 14.4. The highest BCUT2D eigenvalue weighted by molar-refractivity contribution is 7.89. The molecule has 0 saturated heterocycles. The van der Waals surface area contributed by atoms with E-state index in [4.69, 9.17) is 0 Å². The Morgan fingerprint density at radius 2 is 1.58 bits per heavy atom. The van der Waals surface area contributed by atoms with Gasteiger partial charge in [0.15, 0.2) is 0 Å². The standard InChI is InChI=1S/C14H21NO3S/c1-8-5-9(2)11(4)14(10(8)3)19(17,18)15-12-6-13(16)7-12/h5,12-13,15-16H,6-7H2,1-4H3. The first-order valence-corrected chi connectivity index (χ1v) is 7.98. The molecule has 0 radical (unpaired) electrons. The molecule has 1 saturated carbocycles. The molecular weight excluding hydrogens is 262 g/mol. The van der Waals surface area contributed by atoms with Gasteiger partial charge in [0.2, 0.25) is 10.0 Å². The third kappa shape index (κ3) is 2.68. The predicted octanol–water partition coefficient (Wildman–Crippen LogP) is 1.72. The molecule has 0 bridgehead atoms. The van der Waals surface area contributed by atoms with E-state index in [0.717, 1.165) is 22.3 Å². The van der Waals surface area contributed by atoms with E-state index in [9.17, 15) is 13.5 Å². The SMILES string of the molecule is Cc1cc(C)c(C)c(S(=O)(=O)NC2CC(O)C2)c1C. The van der Waals surface area contributed by atoms with Gasteiger partial charge in [-0.1, -0.05) is 6.07 Å². The van der Waals surface area contributed by atoms with Gasteiger partial charge in [-0.05, 0) is 62.8 Å². The molecule has 1 fully saturated rings. The van der Waals surface area contributed by atoms with E-state index in [1.807, 2.05) is 33.8 Å². The van der Waals surface area contributed by atoms with Crippen molar-refractivity contribution in [3.8, 4) is 0 Å². The average molecular weight is 283 g/mol. The van der Waals surface area contributed by atoms with E-state index >= 15 is 0 Å². The number of hydrogen-bond acceptors (Lipinski definition) is 3. The van der Waals surface area contributed by atoms with Crippen molar-refractivity contribution >= 4 is 10.0 Å². The molecule has 0 aliphatic heterocycles. The molecule has 0 amide bonds. The Labute approximate surface area is 114 Å². The quantitative estimate of drug-likeness (QED) is 0.887. The third-order valence-corrected chi connectivity index (χ3v) is 5.79. The van der Waals surface area contributed by atoms with Crippen LogP contribution in [0, 0.1) is 27.7 Å². The van der Waals surface area contributed by atoms with Crippen LogP contribution < -0.4 is 4.72 Å². The number of aryl methyl sites for hydroxylation is 2. The summed E-state index contributed by atoms with van der Waals surface area (Å²) in [4.78, 5) is 0.395. The Hall–Kier alpha value is -0.910. The van der Waals surface area contributed by atoms with Crippen LogP contribution in [0.3, 0.4) is 0 Å². The topological polar surface area (TPSA) is 66.4 Å². The molecule has 19 heavy (non-hydrogen) atoms. The molecule has 1 aliphatic carbocycles. The van der Waals surface area contributed by atoms with Gasteiger partial charge in [-0.3, -0.25) is 0 Å². The molecule has 2 N–H and O–H groups in total. The van der Waals surface area contributed by atoms with Gasteiger partial charge in [-0.25, -0.2) is 13.1 Å². The molecule has 0 atom stereocenters. The Bertz CT molecular complexity index is 575. The van der Waals surface area contributed by atoms with Gasteiger partial charge in [-0.15, -0.1) is 0 Å². The fraction of sp³-hybridized carbons (Fsp3) is 0.571. The van der Waals surface area contributed by atoms with E-state index in [2.05, 4.69) is 4.72 Å². The Morgan fingerprint density at radius 1 is 1.11 bits per heavy atom. The summed E-state index contributed by atoms with van der Waals surface area (Å²) in [6.45, 7) is 7.53. The van der Waals surface area contributed by atoms with E-state index in [1.165, 1.54) is 0 Å². The summed E-state index contributed by atoms with van der Waals surface area (Å²) in [7, 11) is -3.51. The average Bonchev–Trinajstić information content (AvgIpc) is 2.24. The molecule has 0 unspecified atom stereocenters. The fourth-order valence-electron chi connectivity index (χ4n) is 2.55. The first kappa shape index (κ1) is 14.5. The Morgan fingerprint density at radius 3 is 2.00 bits per heavy atom. The van der Waals surface area contributed by atoms with Crippen molar-refractivity contribution in [2.45, 2.75) is 57.6 Å². The number of nitrogens with one attached hydrogen (secondary N) is 1. The second-order valence-corrected chi connectivity index (χ2v) is 7.18. The molecule has 0 heterocycles. The Balaban J connectivity index is 2.40. The first-order chi connectivity index (χ1) is 8.72. The van der Waals surface area contributed by atoms with Crippen molar-refractivity contribution in [1.82, 2.24) is 4.72 Å². The van der Waals surface area contributed by atoms with E-state index in [1.54, 1.807) is 0 Å². The number of hydrogen-bond donors (Lipinski definition) is 2. The summed E-state index contributed by atoms with van der Waals surface area (Å²) in [5.41, 5.74) is 3.57. The van der Waals surface area contributed by atoms with Crippen LogP contribution in [0.25, 0.3) is 0 Å². The number of sulfonamides is 1. The molecule has 4 nitrogen and oxygen atoms in total. The summed E-state index contributed by atoms with van der Waals surface area (Å²) in [5, 5.41) is 9.25. The van der Waals surface area contributed by atoms with Crippen LogP contribution in [0.2, 0.25) is 0 Å². The minimum atomic E-state index is -3.51. The van der Waals surface area contributed by atoms with Gasteiger partial charge in [0.25, 0.3) is 0 Å². The van der Waals surface area contributed by atoms with Crippen LogP contribution in [-0.2, 0) is 10.0 Å². The van der Waals surface area contributed by atoms with Crippen molar-refractivity contribution in [3.63, 3.8) is 0 Å². The van der Waals surface area contributed by atoms with Crippen LogP contribution in [0.15, 0.2) is 11.0 Å². The maximum absolute atomic E-state index is 12.5. The molecule has 1 aromatic rings. The van der Waals surface area contributed by atoms with Crippen molar-refractivity contribution < 1.29 is 13.5 Å². The number of rotatable bonds is 3. The monoisotopic (exact) mass is 283 g/mol. The van der Waals surface area contributed by atoms with Gasteiger partial charge >= 0.3 is 0 Å². The molecule has 1 aromatic carbocycles. The molecule has 0 aromatic heterocycles. The normalized spacial score (nSPS) is 23.2. The lowest BCUT2D eigenvalue weighted by molar-refractivity contribution is 0.0712. The van der Waals surface area contributed by atoms with Crippen molar-refractivity contribution in [1.29, 1.82) is 0 Å². The smallest absolute Gasteiger partial charge is 0.241 e. The molecule has 5 heteroatoms. The first-order valence-electron chi connectivity index (χ1n) is 6.50. The van der Waals surface area contributed by atoms with Crippen LogP contribution in [0.1, 0.15) is 35.1 Å². The zero-order valence-corrected chi connectivity index (χ0v) is 12.6. The second-order valence-electron chi connectivity index (χ2n) is 5.53. The summed E-state index contributed by atoms with van der Waals surface area (Å²) in [6, 6.07) is 1.87. The van der Waals surface area contributed by atoms with Crippen LogP contribution in [0.5, 0.6) is 0 Å². The van der Waals surface area contributed by atoms with Crippen LogP contribution >= 0.6 is 0 Å². The van der Waals surface area contributed by atoms with Gasteiger partial charge in [0.05, 0.1) is 11.0 Å². The minimum Gasteiger partial charge on any atom is -0.393 e. The van der Waals surface area contributed by atoms with Crippen LogP contribution in [-0.4, -0.2) is 25.7 Å². The van der Waals surface area contributed by atoms with Crippen molar-refractivity contribution in [3.05, 3.63) is 28.3 Å². The fourth-order valence-corrected chi connectivity index (χ4v) is 4.42. The van der Waals surface area contributed by atoms with E-state index in [0.29, 0.717) is 17.7 Å². The summed E-state index contributed by atoms with van der Waals surface area (Å²) < 4.78 is 27.7. The van der Waals surface area contributed by atoms with Gasteiger partial charge in [0, 0.05) is 6.04 Å². The zero-order valence-electron chi connectivity index (χ0n) is 11.8. The maximum atomic E-state index is 12.5. The molecule has 2 rings (SSSR count). The molecule has 1 aliphatic rings. The highest BCUT2D eigenvalue weighted by atomic mass is 32.2. The lowest BCUT2D eigenvalue weighted by Gasteiger charge is -2.32. The van der Waals surface area contributed by atoms with Crippen molar-refractivity contribution in [2.24, 2.45) is 0 Å². The van der Waals surface area contributed by atoms with E-state index in [-0.39, 0.29) is 12.1 Å². The molecule has 0 spiro atoms. The van der Waals surface area contributed by atoms with Gasteiger partial charge in [-0.2, -0.15) is 0 Å². The lowest BCUT2D eigenvalue weighted by atomic mass is 9.91. The highest BCUT2D eigenvalue weighted by Crippen LogP contribution is 2.28. The van der Waals surface area contributed by atoms with Crippen LogP contribution in [0.4, 0.5) is 0 Å². The van der Waals surface area contributed by atoms with Gasteiger partial charge < -0.3 is 5.11 Å². The molecule has 106 valence electrons.